The van der Waals surface area contributed by atoms with Gasteiger partial charge in [-0.2, -0.15) is 0 Å². The molecule has 0 heterocycles. The van der Waals surface area contributed by atoms with Gasteiger partial charge in [-0.15, -0.1) is 0 Å². The van der Waals surface area contributed by atoms with E-state index in [9.17, 15) is 18.0 Å². The first-order valence-corrected chi connectivity index (χ1v) is 13.5. The second-order valence-electron chi connectivity index (χ2n) is 8.51. The lowest BCUT2D eigenvalue weighted by molar-refractivity contribution is -0.139. The third-order valence-electron chi connectivity index (χ3n) is 5.70. The van der Waals surface area contributed by atoms with Crippen molar-refractivity contribution in [1.82, 2.24) is 10.2 Å². The van der Waals surface area contributed by atoms with E-state index < -0.39 is 28.5 Å². The van der Waals surface area contributed by atoms with E-state index in [0.29, 0.717) is 17.3 Å². The van der Waals surface area contributed by atoms with Crippen LogP contribution >= 0.6 is 11.6 Å². The fourth-order valence-corrected chi connectivity index (χ4v) is 4.50. The van der Waals surface area contributed by atoms with Gasteiger partial charge in [0.2, 0.25) is 21.8 Å². The van der Waals surface area contributed by atoms with Crippen molar-refractivity contribution in [2.24, 2.45) is 0 Å². The second kappa shape index (κ2) is 12.2. The van der Waals surface area contributed by atoms with Gasteiger partial charge < -0.3 is 10.2 Å². The first-order chi connectivity index (χ1) is 15.9. The van der Waals surface area contributed by atoms with Crippen molar-refractivity contribution in [3.63, 3.8) is 0 Å². The zero-order chi connectivity index (χ0) is 25.5. The zero-order valence-electron chi connectivity index (χ0n) is 20.5. The van der Waals surface area contributed by atoms with Gasteiger partial charge in [-0.05, 0) is 68.1 Å². The fourth-order valence-electron chi connectivity index (χ4n) is 3.45. The molecule has 7 nitrogen and oxygen atoms in total. The molecule has 2 aromatic rings. The molecule has 34 heavy (non-hydrogen) atoms. The topological polar surface area (TPSA) is 86.8 Å². The quantitative estimate of drug-likeness (QED) is 0.465. The smallest absolute Gasteiger partial charge is 0.244 e. The van der Waals surface area contributed by atoms with E-state index in [1.807, 2.05) is 32.9 Å². The summed E-state index contributed by atoms with van der Waals surface area (Å²) >= 11 is 6.12. The van der Waals surface area contributed by atoms with Gasteiger partial charge >= 0.3 is 0 Å². The van der Waals surface area contributed by atoms with Crippen molar-refractivity contribution in [1.29, 1.82) is 0 Å². The summed E-state index contributed by atoms with van der Waals surface area (Å²) in [5, 5.41) is 3.37. The Hall–Kier alpha value is -2.58. The predicted molar refractivity (Wildman–Crippen MR) is 137 cm³/mol. The van der Waals surface area contributed by atoms with Crippen molar-refractivity contribution in [3.8, 4) is 0 Å². The maximum Gasteiger partial charge on any atom is 0.244 e. The molecular formula is C25H34ClN3O4S. The molecule has 0 aromatic heterocycles. The van der Waals surface area contributed by atoms with E-state index in [-0.39, 0.29) is 12.5 Å². The Bertz CT molecular complexity index is 1120. The van der Waals surface area contributed by atoms with Crippen LogP contribution in [0.4, 0.5) is 5.69 Å². The molecule has 0 spiro atoms. The van der Waals surface area contributed by atoms with E-state index in [1.54, 1.807) is 37.3 Å². The number of nitrogens with one attached hydrogen (secondary N) is 1. The summed E-state index contributed by atoms with van der Waals surface area (Å²) in [6.07, 6.45) is 2.83. The van der Waals surface area contributed by atoms with Gasteiger partial charge in [0, 0.05) is 18.1 Å². The number of benzene rings is 2. The standard InChI is InChI=1S/C25H34ClN3O4S/c1-6-7-13-27-25(31)20(4)28(16-21-9-8-10-22(26)15-21)24(30)17-29(34(5,32)33)23-12-11-18(2)19(3)14-23/h8-12,14-15,20H,6-7,13,16-17H2,1-5H3,(H,27,31). The molecule has 1 N–H and O–H groups in total. The van der Waals surface area contributed by atoms with Gasteiger partial charge in [-0.25, -0.2) is 8.42 Å². The molecule has 0 fully saturated rings. The van der Waals surface area contributed by atoms with Crippen molar-refractivity contribution in [2.75, 3.05) is 23.7 Å². The molecule has 2 aromatic carbocycles. The molecule has 1 unspecified atom stereocenters. The van der Waals surface area contributed by atoms with Crippen LogP contribution in [-0.4, -0.2) is 50.5 Å². The average molecular weight is 508 g/mol. The molecule has 2 rings (SSSR count). The minimum Gasteiger partial charge on any atom is -0.354 e. The van der Waals surface area contributed by atoms with Gasteiger partial charge in [-0.3, -0.25) is 13.9 Å². The van der Waals surface area contributed by atoms with E-state index in [1.165, 1.54) is 4.90 Å². The van der Waals surface area contributed by atoms with Gasteiger partial charge in [-0.1, -0.05) is 43.1 Å². The number of anilines is 1. The Balaban J connectivity index is 2.37. The minimum absolute atomic E-state index is 0.117. The molecule has 0 aliphatic heterocycles. The van der Waals surface area contributed by atoms with Crippen molar-refractivity contribution >= 4 is 39.1 Å². The number of hydrogen-bond donors (Lipinski definition) is 1. The van der Waals surface area contributed by atoms with Gasteiger partial charge in [0.1, 0.15) is 12.6 Å². The van der Waals surface area contributed by atoms with Crippen molar-refractivity contribution in [2.45, 2.75) is 53.1 Å². The molecular weight excluding hydrogens is 474 g/mol. The Morgan fingerprint density at radius 2 is 1.79 bits per heavy atom. The van der Waals surface area contributed by atoms with Crippen LogP contribution in [0, 0.1) is 13.8 Å². The highest BCUT2D eigenvalue weighted by Crippen LogP contribution is 2.22. The van der Waals surface area contributed by atoms with Gasteiger partial charge in [0.05, 0.1) is 11.9 Å². The number of aryl methyl sites for hydroxylation is 2. The maximum atomic E-state index is 13.5. The van der Waals surface area contributed by atoms with E-state index >= 15 is 0 Å². The number of carbonyl (C=O) groups excluding carboxylic acids is 2. The summed E-state index contributed by atoms with van der Waals surface area (Å²) in [6.45, 7) is 7.69. The number of halogens is 1. The third kappa shape index (κ3) is 7.74. The minimum atomic E-state index is -3.76. The molecule has 1 atom stereocenters. The number of rotatable bonds is 11. The Labute approximate surface area is 208 Å². The largest absolute Gasteiger partial charge is 0.354 e. The Morgan fingerprint density at radius 1 is 1.09 bits per heavy atom. The highest BCUT2D eigenvalue weighted by Gasteiger charge is 2.30. The van der Waals surface area contributed by atoms with Crippen LogP contribution in [0.25, 0.3) is 0 Å². The molecule has 0 aliphatic rings. The van der Waals surface area contributed by atoms with Crippen LogP contribution in [0.15, 0.2) is 42.5 Å². The lowest BCUT2D eigenvalue weighted by Crippen LogP contribution is -2.51. The highest BCUT2D eigenvalue weighted by molar-refractivity contribution is 7.92. The van der Waals surface area contributed by atoms with Crippen LogP contribution in [0.2, 0.25) is 5.02 Å². The van der Waals surface area contributed by atoms with Gasteiger partial charge in [0.25, 0.3) is 0 Å². The number of unbranched alkanes of at least 4 members (excludes halogenated alkanes) is 1. The Morgan fingerprint density at radius 3 is 2.38 bits per heavy atom. The summed E-state index contributed by atoms with van der Waals surface area (Å²) in [6, 6.07) is 11.5. The maximum absolute atomic E-state index is 13.5. The normalized spacial score (nSPS) is 12.2. The lowest BCUT2D eigenvalue weighted by Gasteiger charge is -2.31. The Kier molecular flexibility index (Phi) is 9.94. The first kappa shape index (κ1) is 27.7. The predicted octanol–water partition coefficient (Wildman–Crippen LogP) is 4.06. The second-order valence-corrected chi connectivity index (χ2v) is 10.9. The SMILES string of the molecule is CCCCNC(=O)C(C)N(Cc1cccc(Cl)c1)C(=O)CN(c1ccc(C)c(C)c1)S(C)(=O)=O. The van der Waals surface area contributed by atoms with E-state index in [4.69, 9.17) is 11.6 Å². The molecule has 9 heteroatoms. The molecule has 2 amide bonds. The monoisotopic (exact) mass is 507 g/mol. The number of amides is 2. The summed E-state index contributed by atoms with van der Waals surface area (Å²) in [5.41, 5.74) is 3.08. The molecule has 0 saturated carbocycles. The van der Waals surface area contributed by atoms with E-state index in [0.717, 1.165) is 40.1 Å². The summed E-state index contributed by atoms with van der Waals surface area (Å²) in [5.74, 6) is -0.775. The lowest BCUT2D eigenvalue weighted by atomic mass is 10.1. The number of hydrogen-bond acceptors (Lipinski definition) is 4. The van der Waals surface area contributed by atoms with Crippen LogP contribution in [0.1, 0.15) is 43.4 Å². The summed E-state index contributed by atoms with van der Waals surface area (Å²) in [4.78, 5) is 27.7. The highest BCUT2D eigenvalue weighted by atomic mass is 35.5. The summed E-state index contributed by atoms with van der Waals surface area (Å²) in [7, 11) is -3.76. The molecule has 0 radical (unpaired) electrons. The number of carbonyl (C=O) groups is 2. The first-order valence-electron chi connectivity index (χ1n) is 11.3. The zero-order valence-corrected chi connectivity index (χ0v) is 22.0. The molecule has 186 valence electrons. The number of nitrogens with zero attached hydrogens (tertiary/aromatic N) is 2. The van der Waals surface area contributed by atoms with Crippen LogP contribution < -0.4 is 9.62 Å². The molecule has 0 aliphatic carbocycles. The third-order valence-corrected chi connectivity index (χ3v) is 7.07. The van der Waals surface area contributed by atoms with Gasteiger partial charge in [0.15, 0.2) is 0 Å². The number of sulfonamides is 1. The molecule has 0 saturated heterocycles. The summed E-state index contributed by atoms with van der Waals surface area (Å²) < 4.78 is 26.3. The van der Waals surface area contributed by atoms with Crippen LogP contribution in [-0.2, 0) is 26.2 Å². The molecule has 0 bridgehead atoms. The fraction of sp³-hybridized carbons (Fsp3) is 0.440. The average Bonchev–Trinajstić information content (AvgIpc) is 2.76. The van der Waals surface area contributed by atoms with Crippen molar-refractivity contribution in [3.05, 3.63) is 64.2 Å². The van der Waals surface area contributed by atoms with Crippen molar-refractivity contribution < 1.29 is 18.0 Å². The van der Waals surface area contributed by atoms with E-state index in [2.05, 4.69) is 5.32 Å². The van der Waals surface area contributed by atoms with Crippen LogP contribution in [0.5, 0.6) is 0 Å². The van der Waals surface area contributed by atoms with Crippen LogP contribution in [0.3, 0.4) is 0 Å².